The molecule has 0 spiro atoms. The van der Waals surface area contributed by atoms with E-state index in [1.807, 2.05) is 18.2 Å². The van der Waals surface area contributed by atoms with E-state index in [0.717, 1.165) is 11.3 Å². The Labute approximate surface area is 197 Å². The molecule has 34 heavy (non-hydrogen) atoms. The number of likely N-dealkylation sites (tertiary alicyclic amines) is 1. The van der Waals surface area contributed by atoms with Crippen molar-refractivity contribution in [3.8, 4) is 0 Å². The Bertz CT molecular complexity index is 1270. The zero-order valence-corrected chi connectivity index (χ0v) is 19.7. The van der Waals surface area contributed by atoms with Crippen molar-refractivity contribution in [3.63, 3.8) is 0 Å². The van der Waals surface area contributed by atoms with Gasteiger partial charge >= 0.3 is 0 Å². The lowest BCUT2D eigenvalue weighted by Gasteiger charge is -2.23. The standard InChI is InChI=1S/C25H28FN5O3/c1-14(2)17-8-9-19-20(10-17)31(29-24(19)16(4)32)13-23(33)30-12-18(26)11-21(30)25(34)28-22-7-5-6-15(3)27-22/h5-10,14,18,21H,11-13H2,1-4H3,(H,27,28,34)/t18-,21+/m1/s1. The molecule has 0 radical (unpaired) electrons. The number of ketones is 1. The topological polar surface area (TPSA) is 97.2 Å². The molecule has 1 aliphatic rings. The second-order valence-electron chi connectivity index (χ2n) is 9.04. The van der Waals surface area contributed by atoms with Gasteiger partial charge in [0.05, 0.1) is 12.1 Å². The molecule has 3 aromatic rings. The van der Waals surface area contributed by atoms with Gasteiger partial charge in [0.25, 0.3) is 0 Å². The average Bonchev–Trinajstić information content (AvgIpc) is 3.34. The predicted octanol–water partition coefficient (Wildman–Crippen LogP) is 3.64. The van der Waals surface area contributed by atoms with Gasteiger partial charge in [0.1, 0.15) is 30.3 Å². The molecule has 2 amide bonds. The predicted molar refractivity (Wildman–Crippen MR) is 126 cm³/mol. The molecule has 2 atom stereocenters. The fraction of sp³-hybridized carbons (Fsp3) is 0.400. The molecular formula is C25H28FN5O3. The van der Waals surface area contributed by atoms with Gasteiger partial charge in [0, 0.05) is 24.4 Å². The van der Waals surface area contributed by atoms with Crippen LogP contribution in [0.15, 0.2) is 36.4 Å². The van der Waals surface area contributed by atoms with Gasteiger partial charge in [-0.15, -0.1) is 0 Å². The van der Waals surface area contributed by atoms with E-state index in [1.54, 1.807) is 25.1 Å². The van der Waals surface area contributed by atoms with E-state index in [1.165, 1.54) is 16.5 Å². The van der Waals surface area contributed by atoms with Gasteiger partial charge in [0.2, 0.25) is 11.8 Å². The van der Waals surface area contributed by atoms with Crippen LogP contribution in [0.3, 0.4) is 0 Å². The number of carbonyl (C=O) groups is 3. The van der Waals surface area contributed by atoms with Crippen LogP contribution in [-0.4, -0.2) is 56.0 Å². The van der Waals surface area contributed by atoms with Gasteiger partial charge in [-0.1, -0.05) is 32.0 Å². The molecule has 1 fully saturated rings. The number of amides is 2. The summed E-state index contributed by atoms with van der Waals surface area (Å²) in [5.74, 6) is -0.527. The molecule has 178 valence electrons. The second-order valence-corrected chi connectivity index (χ2v) is 9.04. The normalized spacial score (nSPS) is 18.0. The molecule has 1 saturated heterocycles. The number of halogens is 1. The minimum atomic E-state index is -1.31. The van der Waals surface area contributed by atoms with Crippen LogP contribution in [0.1, 0.15) is 54.9 Å². The van der Waals surface area contributed by atoms with Gasteiger partial charge in [-0.3, -0.25) is 19.1 Å². The van der Waals surface area contributed by atoms with Crippen molar-refractivity contribution in [1.82, 2.24) is 19.7 Å². The van der Waals surface area contributed by atoms with Crippen LogP contribution < -0.4 is 5.32 Å². The molecule has 0 bridgehead atoms. The number of aromatic nitrogens is 3. The Morgan fingerprint density at radius 3 is 2.65 bits per heavy atom. The first-order valence-corrected chi connectivity index (χ1v) is 11.3. The maximum Gasteiger partial charge on any atom is 0.248 e. The number of hydrogen-bond donors (Lipinski definition) is 1. The highest BCUT2D eigenvalue weighted by Crippen LogP contribution is 2.26. The summed E-state index contributed by atoms with van der Waals surface area (Å²) in [4.78, 5) is 43.8. The van der Waals surface area contributed by atoms with Crippen LogP contribution in [0.5, 0.6) is 0 Å². The number of hydrogen-bond acceptors (Lipinski definition) is 5. The fourth-order valence-corrected chi connectivity index (χ4v) is 4.28. The molecule has 8 nitrogen and oxygen atoms in total. The molecule has 0 saturated carbocycles. The van der Waals surface area contributed by atoms with Crippen molar-refractivity contribution < 1.29 is 18.8 Å². The van der Waals surface area contributed by atoms with Gasteiger partial charge in [-0.2, -0.15) is 5.10 Å². The van der Waals surface area contributed by atoms with Crippen molar-refractivity contribution >= 4 is 34.3 Å². The number of pyridine rings is 1. The summed E-state index contributed by atoms with van der Waals surface area (Å²) in [5, 5.41) is 7.73. The van der Waals surface area contributed by atoms with Crippen molar-refractivity contribution in [3.05, 3.63) is 53.3 Å². The summed E-state index contributed by atoms with van der Waals surface area (Å²) in [7, 11) is 0. The number of benzene rings is 1. The average molecular weight is 466 g/mol. The Hall–Kier alpha value is -3.62. The molecule has 1 aromatic carbocycles. The fourth-order valence-electron chi connectivity index (χ4n) is 4.28. The molecule has 4 rings (SSSR count). The molecule has 1 aliphatic heterocycles. The first-order valence-electron chi connectivity index (χ1n) is 11.3. The van der Waals surface area contributed by atoms with Crippen molar-refractivity contribution in [2.45, 2.75) is 58.8 Å². The maximum absolute atomic E-state index is 14.3. The third-order valence-corrected chi connectivity index (χ3v) is 6.07. The highest BCUT2D eigenvalue weighted by Gasteiger charge is 2.40. The lowest BCUT2D eigenvalue weighted by molar-refractivity contribution is -0.137. The number of nitrogens with one attached hydrogen (secondary N) is 1. The molecule has 0 aliphatic carbocycles. The summed E-state index contributed by atoms with van der Waals surface area (Å²) < 4.78 is 15.8. The zero-order valence-electron chi connectivity index (χ0n) is 19.7. The zero-order chi connectivity index (χ0) is 24.6. The van der Waals surface area contributed by atoms with Crippen LogP contribution in [-0.2, 0) is 16.1 Å². The van der Waals surface area contributed by atoms with E-state index < -0.39 is 24.0 Å². The number of fused-ring (bicyclic) bond motifs is 1. The van der Waals surface area contributed by atoms with Crippen LogP contribution in [0.4, 0.5) is 10.2 Å². The summed E-state index contributed by atoms with van der Waals surface area (Å²) in [6.07, 6.45) is -1.39. The lowest BCUT2D eigenvalue weighted by atomic mass is 10.0. The third kappa shape index (κ3) is 4.69. The molecule has 1 N–H and O–H groups in total. The van der Waals surface area contributed by atoms with Crippen LogP contribution in [0.2, 0.25) is 0 Å². The first-order chi connectivity index (χ1) is 16.1. The number of Topliss-reactive ketones (excluding diaryl/α,β-unsaturated/α-hetero) is 1. The molecular weight excluding hydrogens is 437 g/mol. The van der Waals surface area contributed by atoms with Gasteiger partial charge in [-0.25, -0.2) is 9.37 Å². The van der Waals surface area contributed by atoms with Gasteiger partial charge in [0.15, 0.2) is 5.78 Å². The smallest absolute Gasteiger partial charge is 0.248 e. The second kappa shape index (κ2) is 9.32. The Morgan fingerprint density at radius 1 is 1.21 bits per heavy atom. The Morgan fingerprint density at radius 2 is 1.97 bits per heavy atom. The number of nitrogens with zero attached hydrogens (tertiary/aromatic N) is 4. The maximum atomic E-state index is 14.3. The number of aryl methyl sites for hydroxylation is 1. The van der Waals surface area contributed by atoms with E-state index >= 15 is 0 Å². The summed E-state index contributed by atoms with van der Waals surface area (Å²) in [6, 6.07) is 9.95. The highest BCUT2D eigenvalue weighted by molar-refractivity contribution is 6.05. The van der Waals surface area contributed by atoms with E-state index in [0.29, 0.717) is 16.7 Å². The SMILES string of the molecule is CC(=O)c1nn(CC(=O)N2C[C@H](F)C[C@H]2C(=O)Nc2cccc(C)n2)c2cc(C(C)C)ccc12. The van der Waals surface area contributed by atoms with Gasteiger partial charge in [-0.05, 0) is 36.6 Å². The van der Waals surface area contributed by atoms with E-state index in [-0.39, 0.29) is 36.9 Å². The van der Waals surface area contributed by atoms with E-state index in [2.05, 4.69) is 29.2 Å². The number of carbonyl (C=O) groups excluding carboxylic acids is 3. The number of alkyl halides is 1. The molecule has 2 aromatic heterocycles. The monoisotopic (exact) mass is 465 g/mol. The molecule has 9 heteroatoms. The minimum absolute atomic E-state index is 0.0839. The highest BCUT2D eigenvalue weighted by atomic mass is 19.1. The quantitative estimate of drug-likeness (QED) is 0.561. The first kappa shape index (κ1) is 23.5. The van der Waals surface area contributed by atoms with Crippen molar-refractivity contribution in [2.75, 3.05) is 11.9 Å². The summed E-state index contributed by atoms with van der Waals surface area (Å²) in [5.41, 5.74) is 2.71. The molecule has 3 heterocycles. The van der Waals surface area contributed by atoms with Crippen LogP contribution >= 0.6 is 0 Å². The summed E-state index contributed by atoms with van der Waals surface area (Å²) >= 11 is 0. The lowest BCUT2D eigenvalue weighted by Crippen LogP contribution is -2.44. The molecule has 0 unspecified atom stereocenters. The Kier molecular flexibility index (Phi) is 6.45. The number of rotatable bonds is 6. The van der Waals surface area contributed by atoms with Crippen molar-refractivity contribution in [2.24, 2.45) is 0 Å². The van der Waals surface area contributed by atoms with Crippen molar-refractivity contribution in [1.29, 1.82) is 0 Å². The summed E-state index contributed by atoms with van der Waals surface area (Å²) in [6.45, 7) is 6.96. The number of anilines is 1. The third-order valence-electron chi connectivity index (χ3n) is 6.07. The Balaban J connectivity index is 1.60. The van der Waals surface area contributed by atoms with Gasteiger partial charge < -0.3 is 10.2 Å². The van der Waals surface area contributed by atoms with Crippen LogP contribution in [0.25, 0.3) is 10.9 Å². The largest absolute Gasteiger partial charge is 0.326 e. The van der Waals surface area contributed by atoms with E-state index in [4.69, 9.17) is 0 Å². The van der Waals surface area contributed by atoms with E-state index in [9.17, 15) is 18.8 Å². The van der Waals surface area contributed by atoms with Crippen LogP contribution in [0, 0.1) is 6.92 Å². The minimum Gasteiger partial charge on any atom is -0.326 e.